The number of ether oxygens (including phenoxy) is 1. The van der Waals surface area contributed by atoms with Crippen LogP contribution in [0.15, 0.2) is 24.4 Å². The second kappa shape index (κ2) is 5.44. The Bertz CT molecular complexity index is 542. The predicted molar refractivity (Wildman–Crippen MR) is 70.2 cm³/mol. The van der Waals surface area contributed by atoms with Gasteiger partial charge in [0.15, 0.2) is 0 Å². The molecule has 2 aromatic rings. The Hall–Kier alpha value is -2.17. The van der Waals surface area contributed by atoms with Gasteiger partial charge in [-0.1, -0.05) is 6.92 Å². The van der Waals surface area contributed by atoms with Gasteiger partial charge in [-0.05, 0) is 12.5 Å². The van der Waals surface area contributed by atoms with Gasteiger partial charge >= 0.3 is 0 Å². The largest absolute Gasteiger partial charge is 0.481 e. The van der Waals surface area contributed by atoms with Crippen LogP contribution < -0.4 is 10.5 Å². The monoisotopic (exact) mass is 244 g/mol. The molecule has 2 rings (SSSR count). The molecule has 0 atom stereocenters. The van der Waals surface area contributed by atoms with Gasteiger partial charge in [-0.15, -0.1) is 0 Å². The molecule has 0 aromatic carbocycles. The van der Waals surface area contributed by atoms with Crippen LogP contribution in [-0.2, 0) is 6.42 Å². The molecule has 0 fully saturated rings. The van der Waals surface area contributed by atoms with Gasteiger partial charge in [0.05, 0.1) is 12.8 Å². The molecule has 0 saturated heterocycles. The molecule has 0 bridgehead atoms. The van der Waals surface area contributed by atoms with Crippen LogP contribution in [0.25, 0.3) is 11.3 Å². The minimum absolute atomic E-state index is 0.485. The van der Waals surface area contributed by atoms with E-state index in [0.717, 1.165) is 29.9 Å². The number of aryl methyl sites for hydroxylation is 1. The molecule has 2 heterocycles. The minimum atomic E-state index is 0.485. The standard InChI is InChI=1S/C13H16N4O/c1-3-4-12-16-10(8-11(14)17-12)9-5-6-15-13(7-9)18-2/h5-8H,3-4H2,1-2H3,(H2,14,16,17). The van der Waals surface area contributed by atoms with Gasteiger partial charge in [0, 0.05) is 30.3 Å². The minimum Gasteiger partial charge on any atom is -0.481 e. The van der Waals surface area contributed by atoms with Crippen LogP contribution in [0.3, 0.4) is 0 Å². The van der Waals surface area contributed by atoms with Crippen molar-refractivity contribution in [3.8, 4) is 17.1 Å². The lowest BCUT2D eigenvalue weighted by Crippen LogP contribution is -2.01. The molecule has 0 amide bonds. The highest BCUT2D eigenvalue weighted by atomic mass is 16.5. The Kier molecular flexibility index (Phi) is 3.72. The number of hydrogen-bond donors (Lipinski definition) is 1. The van der Waals surface area contributed by atoms with E-state index in [-0.39, 0.29) is 0 Å². The maximum absolute atomic E-state index is 5.80. The smallest absolute Gasteiger partial charge is 0.213 e. The van der Waals surface area contributed by atoms with Crippen LogP contribution in [0.5, 0.6) is 5.88 Å². The van der Waals surface area contributed by atoms with Crippen molar-refractivity contribution in [3.05, 3.63) is 30.2 Å². The molecule has 0 aliphatic rings. The van der Waals surface area contributed by atoms with E-state index in [4.69, 9.17) is 10.5 Å². The van der Waals surface area contributed by atoms with Crippen LogP contribution in [-0.4, -0.2) is 22.1 Å². The Morgan fingerprint density at radius 3 is 2.83 bits per heavy atom. The van der Waals surface area contributed by atoms with E-state index in [2.05, 4.69) is 21.9 Å². The normalized spacial score (nSPS) is 10.3. The van der Waals surface area contributed by atoms with E-state index in [0.29, 0.717) is 11.7 Å². The summed E-state index contributed by atoms with van der Waals surface area (Å²) in [5.74, 6) is 1.81. The average Bonchev–Trinajstić information content (AvgIpc) is 2.38. The molecule has 0 saturated carbocycles. The van der Waals surface area contributed by atoms with E-state index in [1.54, 1.807) is 19.4 Å². The zero-order valence-corrected chi connectivity index (χ0v) is 10.6. The third kappa shape index (κ3) is 2.74. The molecule has 18 heavy (non-hydrogen) atoms. The zero-order valence-electron chi connectivity index (χ0n) is 10.6. The first-order valence-electron chi connectivity index (χ1n) is 5.86. The maximum Gasteiger partial charge on any atom is 0.213 e. The number of nitrogen functional groups attached to an aromatic ring is 1. The summed E-state index contributed by atoms with van der Waals surface area (Å²) in [6, 6.07) is 5.46. The fourth-order valence-electron chi connectivity index (χ4n) is 1.68. The first-order valence-corrected chi connectivity index (χ1v) is 5.86. The fraction of sp³-hybridized carbons (Fsp3) is 0.308. The summed E-state index contributed by atoms with van der Waals surface area (Å²) in [7, 11) is 1.59. The molecule has 5 nitrogen and oxygen atoms in total. The molecule has 94 valence electrons. The van der Waals surface area contributed by atoms with Crippen LogP contribution in [0.4, 0.5) is 5.82 Å². The highest BCUT2D eigenvalue weighted by Gasteiger charge is 2.06. The highest BCUT2D eigenvalue weighted by Crippen LogP contribution is 2.21. The number of hydrogen-bond acceptors (Lipinski definition) is 5. The summed E-state index contributed by atoms with van der Waals surface area (Å²) < 4.78 is 5.10. The molecule has 0 aliphatic carbocycles. The molecule has 0 radical (unpaired) electrons. The van der Waals surface area contributed by atoms with Crippen molar-refractivity contribution >= 4 is 5.82 Å². The van der Waals surface area contributed by atoms with Crippen LogP contribution in [0.1, 0.15) is 19.2 Å². The second-order valence-electron chi connectivity index (χ2n) is 3.93. The molecular formula is C13H16N4O. The number of aromatic nitrogens is 3. The first-order chi connectivity index (χ1) is 8.72. The Morgan fingerprint density at radius 1 is 1.28 bits per heavy atom. The van der Waals surface area contributed by atoms with Crippen molar-refractivity contribution in [1.82, 2.24) is 15.0 Å². The predicted octanol–water partition coefficient (Wildman–Crippen LogP) is 2.08. The van der Waals surface area contributed by atoms with Gasteiger partial charge in [-0.3, -0.25) is 0 Å². The molecule has 5 heteroatoms. The summed E-state index contributed by atoms with van der Waals surface area (Å²) in [5, 5.41) is 0. The second-order valence-corrected chi connectivity index (χ2v) is 3.93. The summed E-state index contributed by atoms with van der Waals surface area (Å²) in [6.07, 6.45) is 3.49. The van der Waals surface area contributed by atoms with E-state index < -0.39 is 0 Å². The molecular weight excluding hydrogens is 228 g/mol. The van der Waals surface area contributed by atoms with Gasteiger partial charge in [0.2, 0.25) is 5.88 Å². The van der Waals surface area contributed by atoms with Gasteiger partial charge < -0.3 is 10.5 Å². The maximum atomic E-state index is 5.80. The molecule has 2 aromatic heterocycles. The quantitative estimate of drug-likeness (QED) is 0.891. The highest BCUT2D eigenvalue weighted by molar-refractivity contribution is 5.62. The van der Waals surface area contributed by atoms with Crippen LogP contribution in [0.2, 0.25) is 0 Å². The Morgan fingerprint density at radius 2 is 2.11 bits per heavy atom. The number of pyridine rings is 1. The fourth-order valence-corrected chi connectivity index (χ4v) is 1.68. The summed E-state index contributed by atoms with van der Waals surface area (Å²) >= 11 is 0. The number of rotatable bonds is 4. The van der Waals surface area contributed by atoms with Crippen molar-refractivity contribution < 1.29 is 4.74 Å². The Balaban J connectivity index is 2.42. The van der Waals surface area contributed by atoms with Crippen molar-refractivity contribution in [2.24, 2.45) is 0 Å². The number of nitrogens with zero attached hydrogens (tertiary/aromatic N) is 3. The Labute approximate surface area is 106 Å². The van der Waals surface area contributed by atoms with Crippen molar-refractivity contribution in [3.63, 3.8) is 0 Å². The van der Waals surface area contributed by atoms with Crippen molar-refractivity contribution in [2.75, 3.05) is 12.8 Å². The van der Waals surface area contributed by atoms with Crippen molar-refractivity contribution in [1.29, 1.82) is 0 Å². The first kappa shape index (κ1) is 12.3. The lowest BCUT2D eigenvalue weighted by molar-refractivity contribution is 0.398. The van der Waals surface area contributed by atoms with E-state index in [1.807, 2.05) is 12.1 Å². The summed E-state index contributed by atoms with van der Waals surface area (Å²) in [6.45, 7) is 2.09. The van der Waals surface area contributed by atoms with Crippen LogP contribution in [0, 0.1) is 0 Å². The van der Waals surface area contributed by atoms with Crippen molar-refractivity contribution in [2.45, 2.75) is 19.8 Å². The van der Waals surface area contributed by atoms with Gasteiger partial charge in [0.25, 0.3) is 0 Å². The SMILES string of the molecule is CCCc1nc(N)cc(-c2ccnc(OC)c2)n1. The molecule has 2 N–H and O–H groups in total. The van der Waals surface area contributed by atoms with Gasteiger partial charge in [-0.2, -0.15) is 0 Å². The van der Waals surface area contributed by atoms with E-state index in [1.165, 1.54) is 0 Å². The summed E-state index contributed by atoms with van der Waals surface area (Å²) in [5.41, 5.74) is 7.52. The number of nitrogens with two attached hydrogens (primary N) is 1. The number of methoxy groups -OCH3 is 1. The third-order valence-corrected chi connectivity index (χ3v) is 2.51. The van der Waals surface area contributed by atoms with Gasteiger partial charge in [0.1, 0.15) is 11.6 Å². The zero-order chi connectivity index (χ0) is 13.0. The lowest BCUT2D eigenvalue weighted by atomic mass is 10.2. The van der Waals surface area contributed by atoms with E-state index >= 15 is 0 Å². The lowest BCUT2D eigenvalue weighted by Gasteiger charge is -2.06. The summed E-state index contributed by atoms with van der Waals surface area (Å²) in [4.78, 5) is 12.8. The third-order valence-electron chi connectivity index (χ3n) is 2.51. The molecule has 0 aliphatic heterocycles. The average molecular weight is 244 g/mol. The number of anilines is 1. The topological polar surface area (TPSA) is 73.9 Å². The van der Waals surface area contributed by atoms with Crippen LogP contribution >= 0.6 is 0 Å². The van der Waals surface area contributed by atoms with Gasteiger partial charge in [-0.25, -0.2) is 15.0 Å². The molecule has 0 spiro atoms. The van der Waals surface area contributed by atoms with E-state index in [9.17, 15) is 0 Å². The molecule has 0 unspecified atom stereocenters.